The highest BCUT2D eigenvalue weighted by molar-refractivity contribution is 7.80. The number of hydrogen-bond acceptors (Lipinski definition) is 3. The lowest BCUT2D eigenvalue weighted by molar-refractivity contribution is 0.602. The van der Waals surface area contributed by atoms with Crippen LogP contribution < -0.4 is 10.6 Å². The number of pyridine rings is 1. The molecule has 3 rings (SSSR count). The van der Waals surface area contributed by atoms with Gasteiger partial charge < -0.3 is 10.6 Å². The van der Waals surface area contributed by atoms with Gasteiger partial charge >= 0.3 is 0 Å². The molecule has 0 amide bonds. The van der Waals surface area contributed by atoms with Crippen molar-refractivity contribution in [3.05, 3.63) is 53.5 Å². The van der Waals surface area contributed by atoms with Gasteiger partial charge in [0, 0.05) is 36.0 Å². The molecule has 1 aliphatic rings. The molecule has 0 radical (unpaired) electrons. The zero-order valence-electron chi connectivity index (χ0n) is 15.9. The quantitative estimate of drug-likeness (QED) is 0.625. The molecule has 26 heavy (non-hydrogen) atoms. The summed E-state index contributed by atoms with van der Waals surface area (Å²) in [6, 6.07) is 6.14. The smallest absolute Gasteiger partial charge is 0.166 e. The van der Waals surface area contributed by atoms with Crippen molar-refractivity contribution in [1.82, 2.24) is 25.4 Å². The van der Waals surface area contributed by atoms with E-state index in [1.807, 2.05) is 22.9 Å². The lowest BCUT2D eigenvalue weighted by atomic mass is 9.96. The molecule has 0 saturated heterocycles. The average molecular weight is 370 g/mol. The van der Waals surface area contributed by atoms with E-state index in [1.165, 1.54) is 5.56 Å². The summed E-state index contributed by atoms with van der Waals surface area (Å²) in [5.41, 5.74) is 3.50. The molecular weight excluding hydrogens is 342 g/mol. The van der Waals surface area contributed by atoms with Gasteiger partial charge in [-0.25, -0.2) is 9.67 Å². The Balaban J connectivity index is 1.69. The Kier molecular flexibility index (Phi) is 5.71. The molecule has 2 N–H and O–H groups in total. The number of nitrogens with one attached hydrogen (secondary N) is 2. The Hall–Kier alpha value is -2.21. The van der Waals surface area contributed by atoms with Crippen LogP contribution in [0.15, 0.2) is 36.5 Å². The summed E-state index contributed by atoms with van der Waals surface area (Å²) in [7, 11) is 0. The summed E-state index contributed by atoms with van der Waals surface area (Å²) in [6.45, 7) is 9.43. The summed E-state index contributed by atoms with van der Waals surface area (Å²) in [5, 5.41) is 12.1. The van der Waals surface area contributed by atoms with E-state index in [0.29, 0.717) is 11.8 Å². The molecule has 2 heterocycles. The molecule has 2 aromatic heterocycles. The van der Waals surface area contributed by atoms with Crippen LogP contribution >= 0.6 is 12.2 Å². The number of aromatic nitrogens is 3. The van der Waals surface area contributed by atoms with Gasteiger partial charge in [0.25, 0.3) is 0 Å². The van der Waals surface area contributed by atoms with E-state index in [-0.39, 0.29) is 6.04 Å². The van der Waals surface area contributed by atoms with E-state index in [4.69, 9.17) is 17.3 Å². The maximum atomic E-state index is 5.40. The molecule has 0 bridgehead atoms. The van der Waals surface area contributed by atoms with Gasteiger partial charge in [-0.15, -0.1) is 0 Å². The number of hydrogen-bond donors (Lipinski definition) is 2. The van der Waals surface area contributed by atoms with E-state index in [1.54, 1.807) is 6.20 Å². The van der Waals surface area contributed by atoms with Crippen LogP contribution in [0.3, 0.4) is 0 Å². The van der Waals surface area contributed by atoms with Crippen molar-refractivity contribution in [3.63, 3.8) is 0 Å². The van der Waals surface area contributed by atoms with E-state index in [9.17, 15) is 0 Å². The number of thiocarbonyl (C=S) groups is 1. The van der Waals surface area contributed by atoms with Gasteiger partial charge in [-0.05, 0) is 50.5 Å². The van der Waals surface area contributed by atoms with Crippen LogP contribution in [0.1, 0.15) is 43.1 Å². The van der Waals surface area contributed by atoms with Gasteiger partial charge in [0.15, 0.2) is 10.9 Å². The van der Waals surface area contributed by atoms with Gasteiger partial charge in [-0.1, -0.05) is 32.1 Å². The molecule has 0 saturated carbocycles. The van der Waals surface area contributed by atoms with Crippen LogP contribution in [-0.4, -0.2) is 32.5 Å². The van der Waals surface area contributed by atoms with Crippen LogP contribution in [0.4, 0.5) is 0 Å². The highest BCUT2D eigenvalue weighted by Gasteiger charge is 2.26. The van der Waals surface area contributed by atoms with Crippen molar-refractivity contribution >= 4 is 17.3 Å². The third-order valence-electron chi connectivity index (χ3n) is 4.66. The Bertz CT molecular complexity index is 794. The fourth-order valence-corrected chi connectivity index (χ4v) is 3.66. The van der Waals surface area contributed by atoms with Gasteiger partial charge in [0.2, 0.25) is 0 Å². The number of aryl methyl sites for hydroxylation is 1. The van der Waals surface area contributed by atoms with Crippen LogP contribution in [-0.2, 0) is 0 Å². The van der Waals surface area contributed by atoms with Gasteiger partial charge in [0.1, 0.15) is 0 Å². The molecule has 2 aromatic rings. The van der Waals surface area contributed by atoms with Crippen LogP contribution in [0.5, 0.6) is 0 Å². The van der Waals surface area contributed by atoms with E-state index in [2.05, 4.69) is 55.5 Å². The standard InChI is InChI=1S/C20H27N5S/c1-13(2)12-22-20(26)23-17-9-8-16(11-17)19-14(3)24-25(15(19)4)18-7-5-6-10-21-18/h5-10,13,16-17H,11-12H2,1-4H3,(H2,22,23,26)/t16-,17-/m1/s1. The first-order chi connectivity index (χ1) is 12.5. The Morgan fingerprint density at radius 3 is 2.81 bits per heavy atom. The molecule has 2 atom stereocenters. The Morgan fingerprint density at radius 2 is 2.12 bits per heavy atom. The minimum atomic E-state index is 0.254. The van der Waals surface area contributed by atoms with Crippen molar-refractivity contribution in [2.24, 2.45) is 5.92 Å². The highest BCUT2D eigenvalue weighted by Crippen LogP contribution is 2.33. The van der Waals surface area contributed by atoms with E-state index < -0.39 is 0 Å². The minimum Gasteiger partial charge on any atom is -0.362 e. The van der Waals surface area contributed by atoms with Gasteiger partial charge in [0.05, 0.1) is 5.69 Å². The molecule has 5 nitrogen and oxygen atoms in total. The largest absolute Gasteiger partial charge is 0.362 e. The predicted octanol–water partition coefficient (Wildman–Crippen LogP) is 3.42. The monoisotopic (exact) mass is 369 g/mol. The highest BCUT2D eigenvalue weighted by atomic mass is 32.1. The SMILES string of the molecule is Cc1nn(-c2ccccn2)c(C)c1[C@@H]1C=C[C@@H](NC(=S)NCC(C)C)C1. The van der Waals surface area contributed by atoms with Gasteiger partial charge in [-0.3, -0.25) is 0 Å². The molecule has 0 aliphatic heterocycles. The Morgan fingerprint density at radius 1 is 1.31 bits per heavy atom. The summed E-state index contributed by atoms with van der Waals surface area (Å²) in [5.74, 6) is 1.78. The second-order valence-electron chi connectivity index (χ2n) is 7.27. The molecule has 6 heteroatoms. The van der Waals surface area contributed by atoms with Crippen LogP contribution in [0.2, 0.25) is 0 Å². The molecule has 0 unspecified atom stereocenters. The van der Waals surface area contributed by atoms with Crippen molar-refractivity contribution in [2.45, 2.75) is 46.1 Å². The normalized spacial score (nSPS) is 19.1. The fourth-order valence-electron chi connectivity index (χ4n) is 3.43. The van der Waals surface area contributed by atoms with E-state index >= 15 is 0 Å². The second kappa shape index (κ2) is 7.99. The van der Waals surface area contributed by atoms with Crippen molar-refractivity contribution in [1.29, 1.82) is 0 Å². The van der Waals surface area contributed by atoms with Crippen LogP contribution in [0.25, 0.3) is 5.82 Å². The number of nitrogens with zero attached hydrogens (tertiary/aromatic N) is 3. The number of rotatable bonds is 5. The summed E-state index contributed by atoms with van der Waals surface area (Å²) >= 11 is 5.40. The van der Waals surface area contributed by atoms with Crippen molar-refractivity contribution in [3.8, 4) is 5.82 Å². The second-order valence-corrected chi connectivity index (χ2v) is 7.67. The zero-order chi connectivity index (χ0) is 18.7. The maximum Gasteiger partial charge on any atom is 0.166 e. The first-order valence-electron chi connectivity index (χ1n) is 9.16. The first kappa shape index (κ1) is 18.6. The third-order valence-corrected chi connectivity index (χ3v) is 4.92. The maximum absolute atomic E-state index is 5.40. The average Bonchev–Trinajstić information content (AvgIpc) is 3.17. The molecule has 0 fully saturated rings. The number of allylic oxidation sites excluding steroid dienone is 1. The zero-order valence-corrected chi connectivity index (χ0v) is 16.7. The molecule has 0 spiro atoms. The lowest BCUT2D eigenvalue weighted by Crippen LogP contribution is -2.41. The van der Waals surface area contributed by atoms with Crippen LogP contribution in [0, 0.1) is 19.8 Å². The molecule has 1 aliphatic carbocycles. The molecule has 138 valence electrons. The van der Waals surface area contributed by atoms with Crippen molar-refractivity contribution < 1.29 is 0 Å². The van der Waals surface area contributed by atoms with E-state index in [0.717, 1.165) is 35.3 Å². The third kappa shape index (κ3) is 4.12. The first-order valence-corrected chi connectivity index (χ1v) is 9.56. The topological polar surface area (TPSA) is 54.8 Å². The summed E-state index contributed by atoms with van der Waals surface area (Å²) in [6.07, 6.45) is 7.26. The Labute approximate surface area is 160 Å². The fraction of sp³-hybridized carbons (Fsp3) is 0.450. The van der Waals surface area contributed by atoms with Gasteiger partial charge in [-0.2, -0.15) is 5.10 Å². The lowest BCUT2D eigenvalue weighted by Gasteiger charge is -2.18. The minimum absolute atomic E-state index is 0.254. The summed E-state index contributed by atoms with van der Waals surface area (Å²) in [4.78, 5) is 4.42. The predicted molar refractivity (Wildman–Crippen MR) is 110 cm³/mol. The molecule has 0 aromatic carbocycles. The van der Waals surface area contributed by atoms with Crippen molar-refractivity contribution in [2.75, 3.05) is 6.54 Å². The summed E-state index contributed by atoms with van der Waals surface area (Å²) < 4.78 is 1.94. The molecular formula is C20H27N5S.